The van der Waals surface area contributed by atoms with Crippen LogP contribution in [0.25, 0.3) is 11.4 Å². The number of nitrogens with zero attached hydrogens (tertiary/aromatic N) is 4. The number of hydrogen-bond donors (Lipinski definition) is 2. The zero-order valence-electron chi connectivity index (χ0n) is 16.2. The number of aromatic amines is 1. The minimum absolute atomic E-state index is 0. The van der Waals surface area contributed by atoms with Gasteiger partial charge in [-0.05, 0) is 24.5 Å². The summed E-state index contributed by atoms with van der Waals surface area (Å²) in [4.78, 5) is 11.5. The summed E-state index contributed by atoms with van der Waals surface area (Å²) in [6.45, 7) is 10.4. The number of halogens is 1. The largest absolute Gasteiger partial charge is 0.357 e. The summed E-state index contributed by atoms with van der Waals surface area (Å²) < 4.78 is 0. The molecule has 0 radical (unpaired) electrons. The first kappa shape index (κ1) is 22.0. The molecule has 1 atom stereocenters. The van der Waals surface area contributed by atoms with Gasteiger partial charge in [-0.1, -0.05) is 32.0 Å². The smallest absolute Gasteiger partial charge is 0.194 e. The topological polar surface area (TPSA) is 69.2 Å². The number of aromatic nitrogens is 3. The van der Waals surface area contributed by atoms with E-state index in [1.807, 2.05) is 12.1 Å². The third-order valence-electron chi connectivity index (χ3n) is 4.50. The second-order valence-corrected chi connectivity index (χ2v) is 8.15. The number of aliphatic imine (C=N–C) groups is 1. The van der Waals surface area contributed by atoms with Crippen LogP contribution in [0.3, 0.4) is 0 Å². The molecule has 27 heavy (non-hydrogen) atoms. The van der Waals surface area contributed by atoms with E-state index in [1.54, 1.807) is 0 Å². The highest BCUT2D eigenvalue weighted by molar-refractivity contribution is 14.0. The Morgan fingerprint density at radius 2 is 2.30 bits per heavy atom. The van der Waals surface area contributed by atoms with E-state index in [1.165, 1.54) is 11.9 Å². The van der Waals surface area contributed by atoms with Crippen molar-refractivity contribution in [1.82, 2.24) is 25.4 Å². The van der Waals surface area contributed by atoms with Crippen molar-refractivity contribution in [3.63, 3.8) is 0 Å². The second-order valence-electron chi connectivity index (χ2n) is 6.80. The Labute approximate surface area is 183 Å². The van der Waals surface area contributed by atoms with Crippen LogP contribution in [-0.2, 0) is 6.54 Å². The Morgan fingerprint density at radius 1 is 1.44 bits per heavy atom. The van der Waals surface area contributed by atoms with Gasteiger partial charge in [-0.3, -0.25) is 5.10 Å². The van der Waals surface area contributed by atoms with Gasteiger partial charge >= 0.3 is 0 Å². The summed E-state index contributed by atoms with van der Waals surface area (Å²) in [7, 11) is 0. The molecule has 1 fully saturated rings. The number of guanidine groups is 1. The Balaban J connectivity index is 0.00000261. The molecule has 2 heterocycles. The minimum atomic E-state index is 0. The molecule has 0 aliphatic carbocycles. The van der Waals surface area contributed by atoms with Crippen molar-refractivity contribution >= 4 is 41.7 Å². The molecule has 1 saturated heterocycles. The highest BCUT2D eigenvalue weighted by Crippen LogP contribution is 2.25. The number of rotatable bonds is 5. The monoisotopic (exact) mass is 500 g/mol. The van der Waals surface area contributed by atoms with Gasteiger partial charge in [0.1, 0.15) is 6.33 Å². The summed E-state index contributed by atoms with van der Waals surface area (Å²) in [5.74, 6) is 3.65. The molecule has 3 rings (SSSR count). The van der Waals surface area contributed by atoms with Crippen LogP contribution in [0, 0.1) is 5.92 Å². The summed E-state index contributed by atoms with van der Waals surface area (Å²) in [6.07, 6.45) is 1.53. The maximum atomic E-state index is 4.90. The third-order valence-corrected chi connectivity index (χ3v) is 6.04. The molecule has 1 unspecified atom stereocenters. The van der Waals surface area contributed by atoms with E-state index in [0.717, 1.165) is 42.7 Å². The van der Waals surface area contributed by atoms with E-state index in [9.17, 15) is 0 Å². The lowest BCUT2D eigenvalue weighted by Gasteiger charge is -2.36. The average Bonchev–Trinajstić information content (AvgIpc) is 3.20. The van der Waals surface area contributed by atoms with Gasteiger partial charge in [-0.15, -0.1) is 24.0 Å². The highest BCUT2D eigenvalue weighted by Gasteiger charge is 2.24. The number of hydrogen-bond acceptors (Lipinski definition) is 4. The molecular formula is C19H29IN6S. The van der Waals surface area contributed by atoms with Crippen molar-refractivity contribution in [1.29, 1.82) is 0 Å². The minimum Gasteiger partial charge on any atom is -0.357 e. The first-order chi connectivity index (χ1) is 12.7. The maximum absolute atomic E-state index is 4.90. The SMILES string of the molecule is CCNC(=NCc1cccc(-c2ncn[nH]2)c1)N1CCSC(C(C)C)C1.I. The number of nitrogens with one attached hydrogen (secondary N) is 2. The van der Waals surface area contributed by atoms with Gasteiger partial charge < -0.3 is 10.2 Å². The Kier molecular flexibility index (Phi) is 8.88. The fourth-order valence-corrected chi connectivity index (χ4v) is 4.32. The number of thioether (sulfide) groups is 1. The van der Waals surface area contributed by atoms with Crippen LogP contribution in [0.1, 0.15) is 26.3 Å². The van der Waals surface area contributed by atoms with Crippen LogP contribution >= 0.6 is 35.7 Å². The second kappa shape index (κ2) is 10.9. The van der Waals surface area contributed by atoms with E-state index >= 15 is 0 Å². The maximum Gasteiger partial charge on any atom is 0.194 e. The van der Waals surface area contributed by atoms with Crippen LogP contribution in [0.15, 0.2) is 35.6 Å². The zero-order chi connectivity index (χ0) is 18.4. The molecule has 2 N–H and O–H groups in total. The first-order valence-corrected chi connectivity index (χ1v) is 10.3. The standard InChI is InChI=1S/C19H28N6S.HI/c1-4-20-19(25-8-9-26-17(12-25)14(2)3)21-11-15-6-5-7-16(10-15)18-22-13-23-24-18;/h5-7,10,13-14,17H,4,8-9,11-12H2,1-3H3,(H,20,21)(H,22,23,24);1H. The number of H-pyrrole nitrogens is 1. The molecule has 0 amide bonds. The van der Waals surface area contributed by atoms with Crippen molar-refractivity contribution in [2.75, 3.05) is 25.4 Å². The van der Waals surface area contributed by atoms with Gasteiger partial charge in [0.05, 0.1) is 6.54 Å². The van der Waals surface area contributed by atoms with Crippen LogP contribution in [0.2, 0.25) is 0 Å². The zero-order valence-corrected chi connectivity index (χ0v) is 19.3. The number of benzene rings is 1. The predicted octanol–water partition coefficient (Wildman–Crippen LogP) is 3.63. The van der Waals surface area contributed by atoms with Crippen molar-refractivity contribution in [2.24, 2.45) is 10.9 Å². The molecule has 1 aromatic carbocycles. The summed E-state index contributed by atoms with van der Waals surface area (Å²) in [6, 6.07) is 8.31. The van der Waals surface area contributed by atoms with E-state index in [-0.39, 0.29) is 24.0 Å². The van der Waals surface area contributed by atoms with Gasteiger partial charge in [0.15, 0.2) is 11.8 Å². The van der Waals surface area contributed by atoms with E-state index in [2.05, 4.69) is 70.1 Å². The van der Waals surface area contributed by atoms with Gasteiger partial charge in [0.2, 0.25) is 0 Å². The van der Waals surface area contributed by atoms with Crippen molar-refractivity contribution in [3.05, 3.63) is 36.2 Å². The van der Waals surface area contributed by atoms with Gasteiger partial charge in [0, 0.05) is 36.2 Å². The van der Waals surface area contributed by atoms with Crippen molar-refractivity contribution in [2.45, 2.75) is 32.6 Å². The Bertz CT molecular complexity index is 719. The molecule has 1 aliphatic heterocycles. The molecule has 6 nitrogen and oxygen atoms in total. The molecule has 0 bridgehead atoms. The van der Waals surface area contributed by atoms with Gasteiger partial charge in [0.25, 0.3) is 0 Å². The van der Waals surface area contributed by atoms with Crippen LogP contribution < -0.4 is 5.32 Å². The highest BCUT2D eigenvalue weighted by atomic mass is 127. The first-order valence-electron chi connectivity index (χ1n) is 9.27. The quantitative estimate of drug-likeness (QED) is 0.373. The molecule has 1 aromatic heterocycles. The molecule has 0 saturated carbocycles. The van der Waals surface area contributed by atoms with E-state index in [4.69, 9.17) is 4.99 Å². The summed E-state index contributed by atoms with van der Waals surface area (Å²) in [5, 5.41) is 11.0. The fraction of sp³-hybridized carbons (Fsp3) is 0.526. The Morgan fingerprint density at radius 3 is 3.00 bits per heavy atom. The van der Waals surface area contributed by atoms with Crippen LogP contribution in [-0.4, -0.2) is 56.7 Å². The molecular weight excluding hydrogens is 471 g/mol. The molecule has 0 spiro atoms. The molecule has 2 aromatic rings. The average molecular weight is 500 g/mol. The molecule has 8 heteroatoms. The fourth-order valence-electron chi connectivity index (χ4n) is 3.02. The van der Waals surface area contributed by atoms with Gasteiger partial charge in [-0.2, -0.15) is 16.9 Å². The summed E-state index contributed by atoms with van der Waals surface area (Å²) in [5.41, 5.74) is 2.20. The van der Waals surface area contributed by atoms with Gasteiger partial charge in [-0.25, -0.2) is 9.98 Å². The Hall–Kier alpha value is -1.29. The lowest BCUT2D eigenvalue weighted by Crippen LogP contribution is -2.49. The van der Waals surface area contributed by atoms with Crippen molar-refractivity contribution in [3.8, 4) is 11.4 Å². The molecule has 148 valence electrons. The lowest BCUT2D eigenvalue weighted by atomic mass is 10.1. The van der Waals surface area contributed by atoms with E-state index < -0.39 is 0 Å². The molecule has 1 aliphatic rings. The lowest BCUT2D eigenvalue weighted by molar-refractivity contribution is 0.381. The predicted molar refractivity (Wildman–Crippen MR) is 125 cm³/mol. The third kappa shape index (κ3) is 6.10. The summed E-state index contributed by atoms with van der Waals surface area (Å²) >= 11 is 2.08. The van der Waals surface area contributed by atoms with Crippen LogP contribution in [0.4, 0.5) is 0 Å². The van der Waals surface area contributed by atoms with Crippen molar-refractivity contribution < 1.29 is 0 Å². The van der Waals surface area contributed by atoms with Crippen LogP contribution in [0.5, 0.6) is 0 Å². The van der Waals surface area contributed by atoms with E-state index in [0.29, 0.717) is 17.7 Å². The normalized spacial score (nSPS) is 17.7.